The van der Waals surface area contributed by atoms with Crippen molar-refractivity contribution in [3.05, 3.63) is 24.3 Å². The average Bonchev–Trinajstić information content (AvgIpc) is 2.49. The van der Waals surface area contributed by atoms with Crippen molar-refractivity contribution >= 4 is 41.7 Å². The van der Waals surface area contributed by atoms with Crippen LogP contribution in [0, 0.1) is 11.8 Å². The van der Waals surface area contributed by atoms with Gasteiger partial charge in [0.25, 0.3) is 0 Å². The molecule has 0 fully saturated rings. The zero-order valence-corrected chi connectivity index (χ0v) is 17.0. The number of halogens is 1. The van der Waals surface area contributed by atoms with Gasteiger partial charge in [-0.15, -0.1) is 35.7 Å². The number of nitrogens with zero attached hydrogens (tertiary/aromatic N) is 1. The molecule has 0 aromatic heterocycles. The summed E-state index contributed by atoms with van der Waals surface area (Å²) in [6, 6.07) is 8.09. The predicted octanol–water partition coefficient (Wildman–Crippen LogP) is 3.60. The summed E-state index contributed by atoms with van der Waals surface area (Å²) in [5.41, 5.74) is 5.84. The number of ether oxygens (including phenoxy) is 1. The molecule has 0 bridgehead atoms. The molecule has 0 aliphatic rings. The highest BCUT2D eigenvalue weighted by molar-refractivity contribution is 14.0. The fourth-order valence-corrected chi connectivity index (χ4v) is 2.69. The van der Waals surface area contributed by atoms with Crippen LogP contribution >= 0.6 is 35.7 Å². The SMILES string of the molecule is COc1ccccc1SCC(C)CNC(N)=NCC(C)C.I. The summed E-state index contributed by atoms with van der Waals surface area (Å²) in [6.07, 6.45) is 0. The first-order chi connectivity index (χ1) is 10.0. The second kappa shape index (κ2) is 11.9. The lowest BCUT2D eigenvalue weighted by atomic mass is 10.2. The Bertz CT molecular complexity index is 455. The number of guanidine groups is 1. The van der Waals surface area contributed by atoms with E-state index in [-0.39, 0.29) is 24.0 Å². The van der Waals surface area contributed by atoms with Crippen LogP contribution in [0.5, 0.6) is 5.75 Å². The lowest BCUT2D eigenvalue weighted by Gasteiger charge is -2.14. The molecule has 0 aliphatic carbocycles. The lowest BCUT2D eigenvalue weighted by molar-refractivity contribution is 0.405. The number of nitrogens with two attached hydrogens (primary N) is 1. The quantitative estimate of drug-likeness (QED) is 0.283. The molecule has 0 spiro atoms. The summed E-state index contributed by atoms with van der Waals surface area (Å²) >= 11 is 1.80. The Labute approximate surface area is 155 Å². The zero-order valence-electron chi connectivity index (χ0n) is 13.8. The maximum Gasteiger partial charge on any atom is 0.188 e. The van der Waals surface area contributed by atoms with Gasteiger partial charge in [0, 0.05) is 23.7 Å². The summed E-state index contributed by atoms with van der Waals surface area (Å²) in [5.74, 6) is 3.50. The number of methoxy groups -OCH3 is 1. The van der Waals surface area contributed by atoms with Crippen molar-refractivity contribution in [3.63, 3.8) is 0 Å². The Kier molecular flexibility index (Phi) is 11.5. The van der Waals surface area contributed by atoms with Gasteiger partial charge in [0.2, 0.25) is 0 Å². The van der Waals surface area contributed by atoms with E-state index in [0.717, 1.165) is 24.6 Å². The standard InChI is InChI=1S/C16H27N3OS.HI/c1-12(2)9-18-16(17)19-10-13(3)11-21-15-8-6-5-7-14(15)20-4;/h5-8,12-13H,9-11H2,1-4H3,(H3,17,18,19);1H. The zero-order chi connectivity index (χ0) is 15.7. The molecule has 1 atom stereocenters. The van der Waals surface area contributed by atoms with Crippen LogP contribution in [0.4, 0.5) is 0 Å². The molecule has 3 N–H and O–H groups in total. The van der Waals surface area contributed by atoms with Crippen LogP contribution in [0.15, 0.2) is 34.2 Å². The second-order valence-electron chi connectivity index (χ2n) is 5.57. The van der Waals surface area contributed by atoms with Crippen molar-refractivity contribution in [2.24, 2.45) is 22.6 Å². The largest absolute Gasteiger partial charge is 0.496 e. The Hall–Kier alpha value is -0.630. The Morgan fingerprint density at radius 1 is 1.32 bits per heavy atom. The van der Waals surface area contributed by atoms with E-state index in [1.54, 1.807) is 18.9 Å². The van der Waals surface area contributed by atoms with Gasteiger partial charge >= 0.3 is 0 Å². The molecule has 1 rings (SSSR count). The fraction of sp³-hybridized carbons (Fsp3) is 0.562. The van der Waals surface area contributed by atoms with E-state index in [1.165, 1.54) is 4.90 Å². The molecule has 0 heterocycles. The van der Waals surface area contributed by atoms with Crippen LogP contribution < -0.4 is 15.8 Å². The van der Waals surface area contributed by atoms with E-state index in [9.17, 15) is 0 Å². The molecule has 0 saturated carbocycles. The molecule has 0 aliphatic heterocycles. The number of hydrogen-bond acceptors (Lipinski definition) is 3. The number of aliphatic imine (C=N–C) groups is 1. The fourth-order valence-electron chi connectivity index (χ4n) is 1.64. The van der Waals surface area contributed by atoms with Crippen LogP contribution in [-0.2, 0) is 0 Å². The molecule has 22 heavy (non-hydrogen) atoms. The predicted molar refractivity (Wildman–Crippen MR) is 108 cm³/mol. The highest BCUT2D eigenvalue weighted by atomic mass is 127. The molecule has 0 saturated heterocycles. The lowest BCUT2D eigenvalue weighted by Crippen LogP contribution is -2.35. The maximum atomic E-state index is 5.84. The van der Waals surface area contributed by atoms with Crippen LogP contribution in [0.25, 0.3) is 0 Å². The van der Waals surface area contributed by atoms with E-state index >= 15 is 0 Å². The normalized spacial score (nSPS) is 12.7. The van der Waals surface area contributed by atoms with Crippen molar-refractivity contribution in [1.82, 2.24) is 5.32 Å². The van der Waals surface area contributed by atoms with Gasteiger partial charge in [-0.2, -0.15) is 0 Å². The first-order valence-corrected chi connectivity index (χ1v) is 8.31. The van der Waals surface area contributed by atoms with Crippen molar-refractivity contribution in [1.29, 1.82) is 0 Å². The highest BCUT2D eigenvalue weighted by Crippen LogP contribution is 2.29. The minimum absolute atomic E-state index is 0. The first kappa shape index (κ1) is 21.4. The summed E-state index contributed by atoms with van der Waals surface area (Å²) in [5, 5.41) is 3.19. The Balaban J connectivity index is 0.00000441. The van der Waals surface area contributed by atoms with Gasteiger partial charge in [0.15, 0.2) is 5.96 Å². The minimum Gasteiger partial charge on any atom is -0.496 e. The van der Waals surface area contributed by atoms with Gasteiger partial charge in [-0.25, -0.2) is 0 Å². The maximum absolute atomic E-state index is 5.84. The smallest absolute Gasteiger partial charge is 0.188 e. The molecule has 0 amide bonds. The van der Waals surface area contributed by atoms with Crippen LogP contribution in [0.1, 0.15) is 20.8 Å². The van der Waals surface area contributed by atoms with Crippen molar-refractivity contribution in [2.75, 3.05) is 26.0 Å². The van der Waals surface area contributed by atoms with E-state index in [2.05, 4.69) is 37.1 Å². The summed E-state index contributed by atoms with van der Waals surface area (Å²) in [7, 11) is 1.70. The van der Waals surface area contributed by atoms with Gasteiger partial charge in [0.1, 0.15) is 5.75 Å². The Morgan fingerprint density at radius 3 is 2.64 bits per heavy atom. The molecule has 4 nitrogen and oxygen atoms in total. The summed E-state index contributed by atoms with van der Waals surface area (Å²) in [4.78, 5) is 5.47. The summed E-state index contributed by atoms with van der Waals surface area (Å²) < 4.78 is 5.35. The van der Waals surface area contributed by atoms with Crippen molar-refractivity contribution in [2.45, 2.75) is 25.7 Å². The molecular formula is C16H28IN3OS. The molecule has 1 aromatic carbocycles. The molecule has 126 valence electrons. The van der Waals surface area contributed by atoms with Gasteiger partial charge in [-0.3, -0.25) is 4.99 Å². The summed E-state index contributed by atoms with van der Waals surface area (Å²) in [6.45, 7) is 8.05. The monoisotopic (exact) mass is 437 g/mol. The number of rotatable bonds is 8. The third kappa shape index (κ3) is 8.73. The first-order valence-electron chi connectivity index (χ1n) is 7.32. The highest BCUT2D eigenvalue weighted by Gasteiger charge is 2.07. The number of nitrogens with one attached hydrogen (secondary N) is 1. The average molecular weight is 437 g/mol. The Morgan fingerprint density at radius 2 is 2.00 bits per heavy atom. The van der Waals surface area contributed by atoms with E-state index < -0.39 is 0 Å². The van der Waals surface area contributed by atoms with E-state index in [0.29, 0.717) is 17.8 Å². The number of para-hydroxylation sites is 1. The van der Waals surface area contributed by atoms with E-state index in [4.69, 9.17) is 10.5 Å². The van der Waals surface area contributed by atoms with Gasteiger partial charge in [-0.1, -0.05) is 32.9 Å². The van der Waals surface area contributed by atoms with E-state index in [1.807, 2.05) is 18.2 Å². The van der Waals surface area contributed by atoms with Crippen molar-refractivity contribution < 1.29 is 4.74 Å². The molecule has 0 radical (unpaired) electrons. The third-order valence-electron chi connectivity index (χ3n) is 2.85. The third-order valence-corrected chi connectivity index (χ3v) is 4.23. The van der Waals surface area contributed by atoms with Gasteiger partial charge in [-0.05, 0) is 24.0 Å². The number of thioether (sulfide) groups is 1. The second-order valence-corrected chi connectivity index (χ2v) is 6.63. The molecule has 1 aromatic rings. The molecular weight excluding hydrogens is 409 g/mol. The topological polar surface area (TPSA) is 59.6 Å². The van der Waals surface area contributed by atoms with Gasteiger partial charge < -0.3 is 15.8 Å². The number of hydrogen-bond donors (Lipinski definition) is 2. The molecule has 6 heteroatoms. The number of benzene rings is 1. The van der Waals surface area contributed by atoms with Gasteiger partial charge in [0.05, 0.1) is 7.11 Å². The molecule has 1 unspecified atom stereocenters. The van der Waals surface area contributed by atoms with Crippen molar-refractivity contribution in [3.8, 4) is 5.75 Å². The minimum atomic E-state index is 0. The van der Waals surface area contributed by atoms with Crippen LogP contribution in [0.3, 0.4) is 0 Å². The van der Waals surface area contributed by atoms with Crippen LogP contribution in [0.2, 0.25) is 0 Å². The van der Waals surface area contributed by atoms with Crippen LogP contribution in [-0.4, -0.2) is 31.9 Å².